The van der Waals surface area contributed by atoms with Gasteiger partial charge in [0.1, 0.15) is 0 Å². The molecule has 0 saturated carbocycles. The van der Waals surface area contributed by atoms with Crippen LogP contribution in [0.5, 0.6) is 0 Å². The number of nitrogens with zero attached hydrogens (tertiary/aromatic N) is 1. The van der Waals surface area contributed by atoms with E-state index >= 15 is 0 Å². The molecule has 2 N–H and O–H groups in total. The lowest BCUT2D eigenvalue weighted by atomic mass is 9.93. The number of aliphatic carboxylic acids is 1. The first-order valence-corrected chi connectivity index (χ1v) is 10.5. The second-order valence-corrected chi connectivity index (χ2v) is 7.70. The highest BCUT2D eigenvalue weighted by molar-refractivity contribution is 5.99. The molecule has 154 valence electrons. The van der Waals surface area contributed by atoms with Gasteiger partial charge in [0.25, 0.3) is 0 Å². The van der Waals surface area contributed by atoms with Crippen LogP contribution in [0.25, 0.3) is 11.1 Å². The number of carbonyl (C=O) groups is 2. The van der Waals surface area contributed by atoms with E-state index in [0.29, 0.717) is 13.0 Å². The molecule has 0 saturated heterocycles. The van der Waals surface area contributed by atoms with Crippen LogP contribution in [-0.2, 0) is 11.2 Å². The first-order chi connectivity index (χ1) is 14.0. The molecule has 2 bridgehead atoms. The molecular formula is C24H30N2O3. The van der Waals surface area contributed by atoms with E-state index in [1.54, 1.807) is 11.9 Å². The first kappa shape index (κ1) is 20.9. The van der Waals surface area contributed by atoms with Gasteiger partial charge in [0.2, 0.25) is 0 Å². The number of carbonyl (C=O) groups excluding carboxylic acids is 1. The Morgan fingerprint density at radius 3 is 2.48 bits per heavy atom. The molecule has 2 aromatic carbocycles. The lowest BCUT2D eigenvalue weighted by Crippen LogP contribution is -2.38. The number of carboxylic acids is 1. The summed E-state index contributed by atoms with van der Waals surface area (Å²) in [6.45, 7) is 2.82. The molecule has 1 aliphatic carbocycles. The Morgan fingerprint density at radius 1 is 1.07 bits per heavy atom. The van der Waals surface area contributed by atoms with Gasteiger partial charge in [0.15, 0.2) is 0 Å². The van der Waals surface area contributed by atoms with Crippen molar-refractivity contribution >= 4 is 17.7 Å². The van der Waals surface area contributed by atoms with Crippen LogP contribution in [-0.4, -0.2) is 30.7 Å². The number of benzene rings is 2. The summed E-state index contributed by atoms with van der Waals surface area (Å²) in [6, 6.07) is 13.5. The number of anilines is 1. The average Bonchev–Trinajstić information content (AvgIpc) is 2.99. The van der Waals surface area contributed by atoms with E-state index in [4.69, 9.17) is 0 Å². The topological polar surface area (TPSA) is 69.6 Å². The van der Waals surface area contributed by atoms with E-state index < -0.39 is 11.9 Å². The predicted octanol–water partition coefficient (Wildman–Crippen LogP) is 5.19. The van der Waals surface area contributed by atoms with Crippen molar-refractivity contribution in [1.82, 2.24) is 5.32 Å². The van der Waals surface area contributed by atoms with Crippen molar-refractivity contribution in [2.24, 2.45) is 0 Å². The maximum absolute atomic E-state index is 12.8. The maximum atomic E-state index is 12.8. The van der Waals surface area contributed by atoms with Gasteiger partial charge >= 0.3 is 12.0 Å². The van der Waals surface area contributed by atoms with E-state index in [0.717, 1.165) is 40.8 Å². The second-order valence-electron chi connectivity index (χ2n) is 7.70. The van der Waals surface area contributed by atoms with Crippen molar-refractivity contribution in [3.8, 4) is 11.1 Å². The Balaban J connectivity index is 1.82. The fraction of sp³-hybridized carbons (Fsp3) is 0.417. The molecule has 2 aromatic rings. The predicted molar refractivity (Wildman–Crippen MR) is 117 cm³/mol. The van der Waals surface area contributed by atoms with Gasteiger partial charge < -0.3 is 10.4 Å². The summed E-state index contributed by atoms with van der Waals surface area (Å²) in [6.07, 6.45) is 6.10. The van der Waals surface area contributed by atoms with Crippen LogP contribution in [0, 0.1) is 0 Å². The average molecular weight is 395 g/mol. The van der Waals surface area contributed by atoms with Gasteiger partial charge in [-0.1, -0.05) is 75.1 Å². The van der Waals surface area contributed by atoms with Crippen LogP contribution in [0.1, 0.15) is 56.1 Å². The molecule has 1 atom stereocenters. The smallest absolute Gasteiger partial charge is 0.321 e. The van der Waals surface area contributed by atoms with E-state index in [-0.39, 0.29) is 6.03 Å². The van der Waals surface area contributed by atoms with E-state index in [1.165, 1.54) is 19.3 Å². The van der Waals surface area contributed by atoms with Gasteiger partial charge in [-0.2, -0.15) is 0 Å². The Labute approximate surface area is 172 Å². The molecule has 0 radical (unpaired) electrons. The summed E-state index contributed by atoms with van der Waals surface area (Å²) in [4.78, 5) is 26.3. The summed E-state index contributed by atoms with van der Waals surface area (Å²) >= 11 is 0. The zero-order chi connectivity index (χ0) is 20.8. The van der Waals surface area contributed by atoms with Gasteiger partial charge in [-0.25, -0.2) is 4.79 Å². The van der Waals surface area contributed by atoms with Crippen molar-refractivity contribution in [3.05, 3.63) is 53.6 Å². The minimum Gasteiger partial charge on any atom is -0.481 e. The fourth-order valence-electron chi connectivity index (χ4n) is 4.11. The molecule has 29 heavy (non-hydrogen) atoms. The van der Waals surface area contributed by atoms with Crippen molar-refractivity contribution in [3.63, 3.8) is 0 Å². The van der Waals surface area contributed by atoms with Crippen molar-refractivity contribution < 1.29 is 14.7 Å². The maximum Gasteiger partial charge on any atom is 0.321 e. The third-order valence-electron chi connectivity index (χ3n) is 5.65. The molecule has 0 heterocycles. The number of rotatable bonds is 9. The third kappa shape index (κ3) is 4.61. The Hall–Kier alpha value is -2.82. The number of hydrogen-bond donors (Lipinski definition) is 2. The monoisotopic (exact) mass is 394 g/mol. The number of nitrogens with one attached hydrogen (secondary N) is 1. The Morgan fingerprint density at radius 2 is 1.79 bits per heavy atom. The summed E-state index contributed by atoms with van der Waals surface area (Å²) in [5, 5.41) is 12.8. The van der Waals surface area contributed by atoms with E-state index in [2.05, 4.69) is 12.2 Å². The zero-order valence-corrected chi connectivity index (χ0v) is 17.3. The van der Waals surface area contributed by atoms with Crippen LogP contribution in [0.4, 0.5) is 10.5 Å². The van der Waals surface area contributed by atoms with Gasteiger partial charge in [-0.05, 0) is 35.1 Å². The zero-order valence-electron chi connectivity index (χ0n) is 17.3. The van der Waals surface area contributed by atoms with Crippen molar-refractivity contribution in [1.29, 1.82) is 0 Å². The normalized spacial score (nSPS) is 14.6. The van der Waals surface area contributed by atoms with Crippen LogP contribution >= 0.6 is 0 Å². The number of carboxylic acid groups (broad SMARTS) is 1. The van der Waals surface area contributed by atoms with E-state index in [1.807, 2.05) is 42.5 Å². The standard InChI is InChI=1S/C24H30N2O3/c1-3-4-5-6-10-15-25-24(29)26(2)22-18-13-14-19(17-11-8-7-9-12-17)21(22)20(16-18)23(27)28/h7-9,11-14,20H,3-6,10,15-16H2,1-2H3,(H,25,29)(H,27,28). The molecule has 0 spiro atoms. The van der Waals surface area contributed by atoms with Crippen molar-refractivity contribution in [2.75, 3.05) is 18.5 Å². The molecule has 2 amide bonds. The number of fused-ring (bicyclic) bond motifs is 2. The van der Waals surface area contributed by atoms with Crippen LogP contribution in [0.15, 0.2) is 42.5 Å². The molecule has 5 heteroatoms. The fourth-order valence-corrected chi connectivity index (χ4v) is 4.11. The van der Waals surface area contributed by atoms with E-state index in [9.17, 15) is 14.7 Å². The summed E-state index contributed by atoms with van der Waals surface area (Å²) in [7, 11) is 1.73. The lowest BCUT2D eigenvalue weighted by Gasteiger charge is -2.22. The molecule has 0 aromatic heterocycles. The molecule has 0 aliphatic heterocycles. The summed E-state index contributed by atoms with van der Waals surface area (Å²) in [5.41, 5.74) is 4.23. The largest absolute Gasteiger partial charge is 0.481 e. The summed E-state index contributed by atoms with van der Waals surface area (Å²) in [5.74, 6) is -1.48. The molecular weight excluding hydrogens is 364 g/mol. The Bertz CT molecular complexity index is 864. The molecule has 1 unspecified atom stereocenters. The second kappa shape index (κ2) is 9.59. The number of amides is 2. The van der Waals surface area contributed by atoms with Crippen LogP contribution < -0.4 is 10.2 Å². The van der Waals surface area contributed by atoms with Gasteiger partial charge in [-0.3, -0.25) is 9.69 Å². The van der Waals surface area contributed by atoms with Gasteiger partial charge in [0.05, 0.1) is 11.6 Å². The van der Waals surface area contributed by atoms with Gasteiger partial charge in [0, 0.05) is 13.6 Å². The Kier molecular flexibility index (Phi) is 6.91. The number of hydrogen-bond acceptors (Lipinski definition) is 2. The molecule has 0 fully saturated rings. The molecule has 3 rings (SSSR count). The minimum absolute atomic E-state index is 0.181. The number of unbranched alkanes of at least 4 members (excludes halogenated alkanes) is 4. The highest BCUT2D eigenvalue weighted by atomic mass is 16.4. The third-order valence-corrected chi connectivity index (χ3v) is 5.65. The summed E-state index contributed by atoms with van der Waals surface area (Å²) < 4.78 is 0. The lowest BCUT2D eigenvalue weighted by molar-refractivity contribution is -0.138. The minimum atomic E-state index is -0.852. The molecule has 1 aliphatic rings. The van der Waals surface area contributed by atoms with Crippen molar-refractivity contribution in [2.45, 2.75) is 51.4 Å². The quantitative estimate of drug-likeness (QED) is 0.575. The number of urea groups is 1. The van der Waals surface area contributed by atoms with Crippen LogP contribution in [0.3, 0.4) is 0 Å². The van der Waals surface area contributed by atoms with Gasteiger partial charge in [-0.15, -0.1) is 0 Å². The SMILES string of the molecule is CCCCCCCNC(=O)N(C)c1c2ccc(-c3ccccc3)c1C(C(=O)O)C2. The van der Waals surface area contributed by atoms with Crippen LogP contribution in [0.2, 0.25) is 0 Å². The highest BCUT2D eigenvalue weighted by Gasteiger charge is 2.36. The molecule has 5 nitrogen and oxygen atoms in total. The highest BCUT2D eigenvalue weighted by Crippen LogP contribution is 2.46. The first-order valence-electron chi connectivity index (χ1n) is 10.5.